The minimum Gasteiger partial charge on any atom is -0.355 e. The molecule has 4 rings (SSSR count). The van der Waals surface area contributed by atoms with Crippen LogP contribution in [-0.2, 0) is 15.0 Å². The van der Waals surface area contributed by atoms with E-state index in [1.165, 1.54) is 12.0 Å². The van der Waals surface area contributed by atoms with E-state index >= 15 is 0 Å². The molecule has 1 heterocycles. The van der Waals surface area contributed by atoms with E-state index in [1.54, 1.807) is 6.92 Å². The van der Waals surface area contributed by atoms with E-state index in [0.717, 1.165) is 75.8 Å². The Bertz CT molecular complexity index is 993. The first-order valence-corrected chi connectivity index (χ1v) is 13.5. The summed E-state index contributed by atoms with van der Waals surface area (Å²) in [6, 6.07) is 16.1. The van der Waals surface area contributed by atoms with Crippen molar-refractivity contribution in [2.24, 2.45) is 0 Å². The van der Waals surface area contributed by atoms with Crippen LogP contribution in [0, 0.1) is 0 Å². The van der Waals surface area contributed by atoms with Gasteiger partial charge in [0.05, 0.1) is 5.41 Å². The molecule has 1 saturated heterocycles. The van der Waals surface area contributed by atoms with Gasteiger partial charge in [-0.3, -0.25) is 9.59 Å². The zero-order valence-electron chi connectivity index (χ0n) is 20.8. The van der Waals surface area contributed by atoms with Gasteiger partial charge in [-0.1, -0.05) is 55.1 Å². The Morgan fingerprint density at radius 2 is 1.74 bits per heavy atom. The molecule has 0 spiro atoms. The Morgan fingerprint density at radius 3 is 2.43 bits per heavy atom. The maximum absolute atomic E-state index is 13.4. The van der Waals surface area contributed by atoms with Crippen molar-refractivity contribution >= 4 is 29.1 Å². The van der Waals surface area contributed by atoms with Gasteiger partial charge in [-0.2, -0.15) is 0 Å². The lowest BCUT2D eigenvalue weighted by molar-refractivity contribution is -0.128. The summed E-state index contributed by atoms with van der Waals surface area (Å²) in [6.07, 6.45) is 8.43. The van der Waals surface area contributed by atoms with Crippen molar-refractivity contribution in [3.63, 3.8) is 0 Å². The summed E-state index contributed by atoms with van der Waals surface area (Å²) in [5.41, 5.74) is 2.88. The van der Waals surface area contributed by atoms with Crippen molar-refractivity contribution in [1.82, 2.24) is 10.2 Å². The standard InChI is InChI=1S/C29H38ClN3O2/c1-22(34)32-27-8-5-7-24(21-27)23-13-19-33(20-14-23)18-6-17-31-28(35)29(15-3-2-4-16-29)25-9-11-26(30)12-10-25/h5,7-12,21,23H,2-4,6,13-20H2,1H3,(H,31,35)(H,32,34). The Balaban J connectivity index is 1.23. The van der Waals surface area contributed by atoms with E-state index in [1.807, 2.05) is 36.4 Å². The van der Waals surface area contributed by atoms with Gasteiger partial charge in [-0.25, -0.2) is 0 Å². The maximum Gasteiger partial charge on any atom is 0.230 e. The molecule has 188 valence electrons. The fourth-order valence-electron chi connectivity index (χ4n) is 5.81. The van der Waals surface area contributed by atoms with Crippen LogP contribution in [0.2, 0.25) is 5.02 Å². The number of hydrogen-bond donors (Lipinski definition) is 2. The lowest BCUT2D eigenvalue weighted by atomic mass is 9.68. The van der Waals surface area contributed by atoms with Crippen LogP contribution in [0.15, 0.2) is 48.5 Å². The summed E-state index contributed by atoms with van der Waals surface area (Å²) in [4.78, 5) is 27.2. The van der Waals surface area contributed by atoms with E-state index in [0.29, 0.717) is 17.5 Å². The van der Waals surface area contributed by atoms with Gasteiger partial charge in [-0.05, 0) is 93.0 Å². The molecule has 5 nitrogen and oxygen atoms in total. The topological polar surface area (TPSA) is 61.4 Å². The Morgan fingerprint density at radius 1 is 1.03 bits per heavy atom. The second-order valence-electron chi connectivity index (χ2n) is 10.2. The summed E-state index contributed by atoms with van der Waals surface area (Å²) >= 11 is 6.10. The molecule has 2 aromatic rings. The number of carbonyl (C=O) groups excluding carboxylic acids is 2. The molecule has 2 aromatic carbocycles. The number of halogens is 1. The van der Waals surface area contributed by atoms with Crippen molar-refractivity contribution in [2.45, 2.75) is 69.6 Å². The second-order valence-corrected chi connectivity index (χ2v) is 10.6. The first-order valence-electron chi connectivity index (χ1n) is 13.1. The lowest BCUT2D eigenvalue weighted by Crippen LogP contribution is -2.46. The summed E-state index contributed by atoms with van der Waals surface area (Å²) in [5, 5.41) is 6.87. The van der Waals surface area contributed by atoms with Gasteiger partial charge in [0.15, 0.2) is 0 Å². The number of hydrogen-bond acceptors (Lipinski definition) is 3. The number of likely N-dealkylation sites (tertiary alicyclic amines) is 1. The zero-order valence-corrected chi connectivity index (χ0v) is 21.6. The number of nitrogens with zero attached hydrogens (tertiary/aromatic N) is 1. The number of piperidine rings is 1. The quantitative estimate of drug-likeness (QED) is 0.449. The predicted octanol–water partition coefficient (Wildman–Crippen LogP) is 5.89. The fraction of sp³-hybridized carbons (Fsp3) is 0.517. The normalized spacial score (nSPS) is 18.7. The highest BCUT2D eigenvalue weighted by molar-refractivity contribution is 6.30. The van der Waals surface area contributed by atoms with Crippen LogP contribution in [0.25, 0.3) is 0 Å². The number of benzene rings is 2. The van der Waals surface area contributed by atoms with Crippen molar-refractivity contribution in [2.75, 3.05) is 31.5 Å². The van der Waals surface area contributed by atoms with E-state index in [-0.39, 0.29) is 11.8 Å². The molecule has 6 heteroatoms. The third-order valence-corrected chi connectivity index (χ3v) is 7.99. The van der Waals surface area contributed by atoms with Crippen LogP contribution >= 0.6 is 11.6 Å². The molecule has 1 saturated carbocycles. The molecular weight excluding hydrogens is 458 g/mol. The van der Waals surface area contributed by atoms with Gasteiger partial charge in [0.25, 0.3) is 0 Å². The third kappa shape index (κ3) is 6.65. The fourth-order valence-corrected chi connectivity index (χ4v) is 5.93. The minimum atomic E-state index is -0.410. The van der Waals surface area contributed by atoms with Crippen LogP contribution in [0.3, 0.4) is 0 Å². The predicted molar refractivity (Wildman–Crippen MR) is 143 cm³/mol. The first kappa shape index (κ1) is 25.7. The molecule has 0 unspecified atom stereocenters. The summed E-state index contributed by atoms with van der Waals surface area (Å²) in [5.74, 6) is 0.675. The van der Waals surface area contributed by atoms with Gasteiger partial charge >= 0.3 is 0 Å². The van der Waals surface area contributed by atoms with Crippen LogP contribution in [0.1, 0.15) is 75.3 Å². The molecule has 1 aliphatic heterocycles. The van der Waals surface area contributed by atoms with Gasteiger partial charge in [0.2, 0.25) is 11.8 Å². The van der Waals surface area contributed by atoms with Crippen LogP contribution in [0.4, 0.5) is 5.69 Å². The monoisotopic (exact) mass is 495 g/mol. The minimum absolute atomic E-state index is 0.0355. The van der Waals surface area contributed by atoms with E-state index in [2.05, 4.69) is 27.7 Å². The molecule has 0 atom stereocenters. The molecule has 2 N–H and O–H groups in total. The van der Waals surface area contributed by atoms with Gasteiger partial charge in [0.1, 0.15) is 0 Å². The van der Waals surface area contributed by atoms with Crippen molar-refractivity contribution in [3.05, 3.63) is 64.7 Å². The Hall–Kier alpha value is -2.37. The average Bonchev–Trinajstić information content (AvgIpc) is 2.87. The molecule has 0 bridgehead atoms. The third-order valence-electron chi connectivity index (χ3n) is 7.74. The maximum atomic E-state index is 13.4. The van der Waals surface area contributed by atoms with Gasteiger partial charge in [0, 0.05) is 24.2 Å². The van der Waals surface area contributed by atoms with E-state index in [9.17, 15) is 9.59 Å². The van der Waals surface area contributed by atoms with Crippen molar-refractivity contribution < 1.29 is 9.59 Å². The highest BCUT2D eigenvalue weighted by Gasteiger charge is 2.40. The molecule has 35 heavy (non-hydrogen) atoms. The highest BCUT2D eigenvalue weighted by atomic mass is 35.5. The van der Waals surface area contributed by atoms with Gasteiger partial charge < -0.3 is 15.5 Å². The van der Waals surface area contributed by atoms with Gasteiger partial charge in [-0.15, -0.1) is 0 Å². The largest absolute Gasteiger partial charge is 0.355 e. The number of nitrogens with one attached hydrogen (secondary N) is 2. The summed E-state index contributed by atoms with van der Waals surface area (Å²) in [6.45, 7) is 5.40. The molecule has 2 fully saturated rings. The smallest absolute Gasteiger partial charge is 0.230 e. The van der Waals surface area contributed by atoms with Crippen molar-refractivity contribution in [1.29, 1.82) is 0 Å². The molecule has 0 aromatic heterocycles. The first-order chi connectivity index (χ1) is 17.0. The lowest BCUT2D eigenvalue weighted by Gasteiger charge is -2.36. The number of anilines is 1. The Labute approximate surface area is 214 Å². The molecule has 2 amide bonds. The average molecular weight is 496 g/mol. The number of rotatable bonds is 8. The van der Waals surface area contributed by atoms with Crippen molar-refractivity contribution in [3.8, 4) is 0 Å². The SMILES string of the molecule is CC(=O)Nc1cccc(C2CCN(CCCNC(=O)C3(c4ccc(Cl)cc4)CCCCC3)CC2)c1. The summed E-state index contributed by atoms with van der Waals surface area (Å²) in [7, 11) is 0. The summed E-state index contributed by atoms with van der Waals surface area (Å²) < 4.78 is 0. The van der Waals surface area contributed by atoms with E-state index < -0.39 is 5.41 Å². The molecule has 0 radical (unpaired) electrons. The zero-order chi connectivity index (χ0) is 24.7. The van der Waals surface area contributed by atoms with Crippen LogP contribution in [-0.4, -0.2) is 42.9 Å². The number of amides is 2. The number of carbonyl (C=O) groups is 2. The molecule has 2 aliphatic rings. The highest BCUT2D eigenvalue weighted by Crippen LogP contribution is 2.40. The molecule has 1 aliphatic carbocycles. The second kappa shape index (κ2) is 12.0. The Kier molecular flexibility index (Phi) is 8.85. The van der Waals surface area contributed by atoms with E-state index in [4.69, 9.17) is 11.6 Å². The van der Waals surface area contributed by atoms with Crippen LogP contribution in [0.5, 0.6) is 0 Å². The molecular formula is C29H38ClN3O2. The van der Waals surface area contributed by atoms with Crippen LogP contribution < -0.4 is 10.6 Å².